The minimum absolute atomic E-state index is 0.145. The van der Waals surface area contributed by atoms with E-state index in [9.17, 15) is 0 Å². The Hall–Kier alpha value is -9.57. The van der Waals surface area contributed by atoms with Crippen LogP contribution >= 0.6 is 0 Å². The molecule has 36 rings (SSSR count). The van der Waals surface area contributed by atoms with E-state index >= 15 is 0 Å². The molecule has 1 saturated carbocycles. The number of hydrogen-bond donors (Lipinski definition) is 0. The van der Waals surface area contributed by atoms with Gasteiger partial charge in [-0.25, -0.2) is 4.99 Å². The summed E-state index contributed by atoms with van der Waals surface area (Å²) >= 11 is 0. The fourth-order valence-corrected chi connectivity index (χ4v) is 27.9. The van der Waals surface area contributed by atoms with Crippen LogP contribution in [0.1, 0.15) is 50.4 Å². The second-order valence-electron chi connectivity index (χ2n) is 28.1. The zero-order valence-electron chi connectivity index (χ0n) is 40.0. The third-order valence-electron chi connectivity index (χ3n) is 28.0. The Balaban J connectivity index is 1.08. The van der Waals surface area contributed by atoms with Crippen LogP contribution in [0, 0.1) is 0 Å². The standard InChI is InChI=1S/C75H13NO2/c1-77-13-9-5-8-12(10-13)71-76-75-67-60-51-43-30-24-17-15-14-16-18-19(17)26(30)34-33-25(18)29-23(16)31-27-20(14)22-21(15)28-32(24)42-49-37(28)39-35(22)38-36(27)46-40(31)47-41(29)48-44(33)54(45(34)51)63(67)65-57(48)55(47)64-56(46)61-52(38)53(39)62-59(49)66(58(60)50(42)43)74(75,78-71)69(62)68(61)72(64)70(73(65,72)75)11-6-3-2-4-7-11/h2-10,70H,1H3. The van der Waals surface area contributed by atoms with Crippen molar-refractivity contribution >= 4 is 275 Å². The van der Waals surface area contributed by atoms with Gasteiger partial charge in [0.05, 0.1) is 12.5 Å². The van der Waals surface area contributed by atoms with Crippen molar-refractivity contribution in [2.75, 3.05) is 7.11 Å². The van der Waals surface area contributed by atoms with Gasteiger partial charge in [-0.1, -0.05) is 36.4 Å². The number of aliphatic imine (C=N–C) groups is 1. The molecule has 0 bridgehead atoms. The Morgan fingerprint density at radius 1 is 0.333 bits per heavy atom. The number of benzene rings is 19. The summed E-state index contributed by atoms with van der Waals surface area (Å²) < 4.78 is 15.0. The zero-order chi connectivity index (χ0) is 46.7. The molecular weight excluding hydrogens is 947 g/mol. The molecule has 7 aliphatic carbocycles. The highest BCUT2D eigenvalue weighted by Crippen LogP contribution is 3.00. The Bertz CT molecular complexity index is 8080. The van der Waals surface area contributed by atoms with Gasteiger partial charge >= 0.3 is 0 Å². The first-order valence-electron chi connectivity index (χ1n) is 28.8. The minimum atomic E-state index is -0.912. The van der Waals surface area contributed by atoms with Crippen molar-refractivity contribution in [1.82, 2.24) is 0 Å². The zero-order valence-corrected chi connectivity index (χ0v) is 40.0. The van der Waals surface area contributed by atoms with Gasteiger partial charge in [-0.15, -0.1) is 0 Å². The number of rotatable bonds is 3. The molecule has 3 heteroatoms. The molecule has 0 aromatic heterocycles. The van der Waals surface area contributed by atoms with Crippen LogP contribution in [-0.2, 0) is 26.7 Å². The SMILES string of the molecule is COc1cccc(C2=NC34c5c6c7c8c9c%10c%11c%12c(c%13c%14c%15c(c%16c5c5c%17c6c6c8c8c9c9c%11c%11c%18c%12c%14c%12c%14c%15c%15c%16c5c5c%16c%17c6c6c8c8c9c%11c9c(c%12%18)c%11c%14c%15c5c5c%16c6c8c9c%115)C%133O2)C%102C(c3ccccc3)C724)c1. The Morgan fingerprint density at radius 3 is 1.13 bits per heavy atom. The molecule has 5 unspecified atom stereocenters. The fraction of sp³-hybridized carbons (Fsp3) is 0.0800. The van der Waals surface area contributed by atoms with Gasteiger partial charge in [0.15, 0.2) is 11.1 Å². The molecule has 1 heterocycles. The smallest absolute Gasteiger partial charge is 0.218 e. The average Bonchev–Trinajstić information content (AvgIpc) is 1.37. The third kappa shape index (κ3) is 1.57. The van der Waals surface area contributed by atoms with Crippen LogP contribution in [0.25, 0.3) is 269 Å². The molecule has 0 N–H and O–H groups in total. The summed E-state index contributed by atoms with van der Waals surface area (Å²) in [6.07, 6.45) is 0. The number of hydrogen-bond acceptors (Lipinski definition) is 3. The highest BCUT2D eigenvalue weighted by Gasteiger charge is 2.99. The summed E-state index contributed by atoms with van der Waals surface area (Å²) in [6.45, 7) is 0. The molecule has 4 spiro atoms. The second kappa shape index (κ2) is 6.78. The normalized spacial score (nSPS) is 26.8. The van der Waals surface area contributed by atoms with Crippen molar-refractivity contribution in [1.29, 1.82) is 0 Å². The van der Waals surface area contributed by atoms with Gasteiger partial charge in [-0.05, 0) is 310 Å². The van der Waals surface area contributed by atoms with E-state index in [1.54, 1.807) is 286 Å². The minimum Gasteiger partial charge on any atom is -0.497 e. The molecule has 0 amide bonds. The highest BCUT2D eigenvalue weighted by molar-refractivity contribution is 6.81. The molecular formula is C75H13NO2. The monoisotopic (exact) mass is 959 g/mol. The molecule has 5 atom stereocenters. The molecule has 3 nitrogen and oxygen atoms in total. The Morgan fingerprint density at radius 2 is 0.692 bits per heavy atom. The maximum atomic E-state index is 8.83. The lowest BCUT2D eigenvalue weighted by atomic mass is 9.52. The van der Waals surface area contributed by atoms with E-state index in [-0.39, 0.29) is 11.3 Å². The van der Waals surface area contributed by atoms with Crippen LogP contribution in [-0.4, -0.2) is 13.0 Å². The summed E-state index contributed by atoms with van der Waals surface area (Å²) in [5.41, 5.74) is 9.53. The molecule has 8 aliphatic rings. The van der Waals surface area contributed by atoms with Crippen LogP contribution < -0.4 is 4.74 Å². The van der Waals surface area contributed by atoms with Gasteiger partial charge in [0, 0.05) is 33.6 Å². The van der Waals surface area contributed by atoms with E-state index < -0.39 is 16.6 Å². The number of methoxy groups -OCH3 is 1. The molecule has 78 heavy (non-hydrogen) atoms. The van der Waals surface area contributed by atoms with Gasteiger partial charge < -0.3 is 9.47 Å². The van der Waals surface area contributed by atoms with E-state index in [2.05, 4.69) is 54.6 Å². The predicted octanol–water partition coefficient (Wildman–Crippen LogP) is 18.4. The summed E-state index contributed by atoms with van der Waals surface area (Å²) in [7, 11) is 1.81. The lowest BCUT2D eigenvalue weighted by molar-refractivity contribution is 0.0165. The van der Waals surface area contributed by atoms with Crippen LogP contribution in [0.2, 0.25) is 0 Å². The van der Waals surface area contributed by atoms with Crippen molar-refractivity contribution in [2.45, 2.75) is 27.9 Å². The molecule has 1 aliphatic heterocycles. The van der Waals surface area contributed by atoms with Gasteiger partial charge in [-0.3, -0.25) is 0 Å². The topological polar surface area (TPSA) is 30.8 Å². The molecule has 28 aromatic carbocycles. The molecule has 0 saturated heterocycles. The van der Waals surface area contributed by atoms with Crippen LogP contribution in [0.3, 0.4) is 0 Å². The number of ether oxygens (including phenoxy) is 2. The maximum absolute atomic E-state index is 8.83. The lowest BCUT2D eigenvalue weighted by Gasteiger charge is -2.52. The van der Waals surface area contributed by atoms with Gasteiger partial charge in [0.1, 0.15) is 5.75 Å². The van der Waals surface area contributed by atoms with E-state index in [0.717, 1.165) is 17.2 Å². The van der Waals surface area contributed by atoms with Gasteiger partial charge in [0.25, 0.3) is 0 Å². The Labute approximate surface area is 427 Å². The summed E-state index contributed by atoms with van der Waals surface area (Å²) in [4.78, 5) is 6.91. The summed E-state index contributed by atoms with van der Waals surface area (Å²) in [5.74, 6) is 1.80. The van der Waals surface area contributed by atoms with Crippen LogP contribution in [0.15, 0.2) is 59.6 Å². The van der Waals surface area contributed by atoms with E-state index in [0.29, 0.717) is 0 Å². The van der Waals surface area contributed by atoms with Crippen LogP contribution in [0.4, 0.5) is 0 Å². The first kappa shape index (κ1) is 29.7. The van der Waals surface area contributed by atoms with E-state index in [1.807, 2.05) is 7.11 Å². The van der Waals surface area contributed by atoms with Crippen molar-refractivity contribution in [2.24, 2.45) is 4.99 Å². The van der Waals surface area contributed by atoms with Crippen LogP contribution in [0.5, 0.6) is 5.75 Å². The molecule has 28 aromatic rings. The highest BCUT2D eigenvalue weighted by atomic mass is 16.5. The van der Waals surface area contributed by atoms with Crippen molar-refractivity contribution in [3.63, 3.8) is 0 Å². The quantitative estimate of drug-likeness (QED) is 0.165. The van der Waals surface area contributed by atoms with Gasteiger partial charge in [-0.2, -0.15) is 0 Å². The van der Waals surface area contributed by atoms with Crippen molar-refractivity contribution in [3.8, 4) is 5.75 Å². The van der Waals surface area contributed by atoms with Gasteiger partial charge in [0.2, 0.25) is 5.90 Å². The van der Waals surface area contributed by atoms with Crippen molar-refractivity contribution in [3.05, 3.63) is 99.1 Å². The molecule has 330 valence electrons. The maximum Gasteiger partial charge on any atom is 0.218 e. The second-order valence-corrected chi connectivity index (χ2v) is 28.1. The number of nitrogens with zero attached hydrogens (tertiary/aromatic N) is 1. The average molecular weight is 960 g/mol. The first-order valence-corrected chi connectivity index (χ1v) is 28.8. The van der Waals surface area contributed by atoms with E-state index in [4.69, 9.17) is 14.5 Å². The fourth-order valence-electron chi connectivity index (χ4n) is 27.9. The van der Waals surface area contributed by atoms with E-state index in [1.165, 1.54) is 22.1 Å². The Kier molecular flexibility index (Phi) is 2.58. The largest absolute Gasteiger partial charge is 0.497 e. The third-order valence-corrected chi connectivity index (χ3v) is 28.0. The summed E-state index contributed by atoms with van der Waals surface area (Å²) in [6, 6.07) is 20.9. The predicted molar refractivity (Wildman–Crippen MR) is 318 cm³/mol. The molecule has 1 fully saturated rings. The lowest BCUT2D eigenvalue weighted by Crippen LogP contribution is -2.59. The van der Waals surface area contributed by atoms with Crippen molar-refractivity contribution < 1.29 is 9.47 Å². The molecule has 0 radical (unpaired) electrons. The summed E-state index contributed by atoms with van der Waals surface area (Å²) in [5, 5.41) is 80.4. The first-order chi connectivity index (χ1) is 38.8.